The van der Waals surface area contributed by atoms with E-state index in [2.05, 4.69) is 27.0 Å². The summed E-state index contributed by atoms with van der Waals surface area (Å²) < 4.78 is 38.2. The molecule has 0 saturated carbocycles. The van der Waals surface area contributed by atoms with Crippen LogP contribution in [0.2, 0.25) is 0 Å². The molecule has 0 amide bonds. The van der Waals surface area contributed by atoms with Gasteiger partial charge in [0.25, 0.3) is 0 Å². The normalized spacial score (nSPS) is 16.6. The van der Waals surface area contributed by atoms with E-state index in [1.54, 1.807) is 4.90 Å². The second kappa shape index (κ2) is 6.54. The highest BCUT2D eigenvalue weighted by Gasteiger charge is 2.33. The van der Waals surface area contributed by atoms with Gasteiger partial charge in [0.1, 0.15) is 5.69 Å². The van der Waals surface area contributed by atoms with Crippen molar-refractivity contribution in [1.82, 2.24) is 14.9 Å². The Morgan fingerprint density at radius 3 is 2.30 bits per heavy atom. The van der Waals surface area contributed by atoms with E-state index >= 15 is 0 Å². The molecule has 2 aromatic rings. The molecule has 0 atom stereocenters. The number of piperazine rings is 1. The van der Waals surface area contributed by atoms with Crippen LogP contribution in [-0.2, 0) is 12.7 Å². The zero-order chi connectivity index (χ0) is 16.3. The Bertz CT molecular complexity index is 637. The van der Waals surface area contributed by atoms with Crippen molar-refractivity contribution >= 4 is 5.95 Å². The molecule has 2 heterocycles. The number of halogens is 3. The lowest BCUT2D eigenvalue weighted by molar-refractivity contribution is -0.141. The molecule has 122 valence electrons. The number of hydrogen-bond donors (Lipinski definition) is 0. The Hall–Kier alpha value is -2.15. The number of hydrogen-bond acceptors (Lipinski definition) is 4. The molecule has 0 radical (unpaired) electrons. The van der Waals surface area contributed by atoms with E-state index in [-0.39, 0.29) is 5.95 Å². The summed E-state index contributed by atoms with van der Waals surface area (Å²) in [5.41, 5.74) is 0.338. The molecule has 4 nitrogen and oxygen atoms in total. The fourth-order valence-corrected chi connectivity index (χ4v) is 2.61. The Morgan fingerprint density at radius 2 is 1.65 bits per heavy atom. The highest BCUT2D eigenvalue weighted by Crippen LogP contribution is 2.28. The van der Waals surface area contributed by atoms with E-state index in [1.165, 1.54) is 11.8 Å². The SMILES string of the molecule is FC(F)(F)c1ccnc(N2CCN(Cc3ccccc3)CC2)n1. The second-order valence-corrected chi connectivity index (χ2v) is 5.49. The van der Waals surface area contributed by atoms with Crippen LogP contribution in [-0.4, -0.2) is 41.0 Å². The van der Waals surface area contributed by atoms with E-state index in [0.717, 1.165) is 25.7 Å². The lowest BCUT2D eigenvalue weighted by Crippen LogP contribution is -2.46. The number of nitrogens with zero attached hydrogens (tertiary/aromatic N) is 4. The lowest BCUT2D eigenvalue weighted by atomic mass is 10.2. The number of aromatic nitrogens is 2. The summed E-state index contributed by atoms with van der Waals surface area (Å²) in [6, 6.07) is 11.0. The van der Waals surface area contributed by atoms with E-state index in [0.29, 0.717) is 13.1 Å². The van der Waals surface area contributed by atoms with Crippen molar-refractivity contribution in [2.75, 3.05) is 31.1 Å². The predicted octanol–water partition coefficient (Wildman–Crippen LogP) is 2.82. The number of alkyl halides is 3. The summed E-state index contributed by atoms with van der Waals surface area (Å²) in [5.74, 6) is 0.152. The maximum absolute atomic E-state index is 12.7. The molecule has 0 bridgehead atoms. The van der Waals surface area contributed by atoms with Gasteiger partial charge in [-0.15, -0.1) is 0 Å². The van der Waals surface area contributed by atoms with E-state index < -0.39 is 11.9 Å². The molecule has 3 rings (SSSR count). The average molecular weight is 322 g/mol. The molecule has 7 heteroatoms. The topological polar surface area (TPSA) is 32.3 Å². The lowest BCUT2D eigenvalue weighted by Gasteiger charge is -2.34. The first-order chi connectivity index (χ1) is 11.0. The number of rotatable bonds is 3. The van der Waals surface area contributed by atoms with Gasteiger partial charge < -0.3 is 4.90 Å². The van der Waals surface area contributed by atoms with Gasteiger partial charge >= 0.3 is 6.18 Å². The summed E-state index contributed by atoms with van der Waals surface area (Å²) >= 11 is 0. The summed E-state index contributed by atoms with van der Waals surface area (Å²) in [5, 5.41) is 0. The highest BCUT2D eigenvalue weighted by molar-refractivity contribution is 5.31. The van der Waals surface area contributed by atoms with Crippen molar-refractivity contribution in [1.29, 1.82) is 0 Å². The van der Waals surface area contributed by atoms with Gasteiger partial charge in [-0.2, -0.15) is 13.2 Å². The minimum atomic E-state index is -4.44. The van der Waals surface area contributed by atoms with Gasteiger partial charge in [0, 0.05) is 38.9 Å². The Morgan fingerprint density at radius 1 is 0.957 bits per heavy atom. The van der Waals surface area contributed by atoms with Crippen LogP contribution in [0.5, 0.6) is 0 Å². The molecule has 0 aliphatic carbocycles. The molecule has 23 heavy (non-hydrogen) atoms. The predicted molar refractivity (Wildman–Crippen MR) is 81.0 cm³/mol. The third-order valence-electron chi connectivity index (χ3n) is 3.84. The van der Waals surface area contributed by atoms with Crippen molar-refractivity contribution in [2.24, 2.45) is 0 Å². The molecule has 1 aromatic carbocycles. The van der Waals surface area contributed by atoms with Crippen molar-refractivity contribution in [3.63, 3.8) is 0 Å². The first-order valence-corrected chi connectivity index (χ1v) is 7.44. The fourth-order valence-electron chi connectivity index (χ4n) is 2.61. The van der Waals surface area contributed by atoms with Gasteiger partial charge in [-0.05, 0) is 11.6 Å². The van der Waals surface area contributed by atoms with Gasteiger partial charge in [0.05, 0.1) is 0 Å². The molecule has 1 aliphatic heterocycles. The summed E-state index contributed by atoms with van der Waals surface area (Å²) in [6.45, 7) is 3.63. The average Bonchev–Trinajstić information content (AvgIpc) is 2.56. The first-order valence-electron chi connectivity index (χ1n) is 7.44. The van der Waals surface area contributed by atoms with Gasteiger partial charge in [-0.1, -0.05) is 30.3 Å². The van der Waals surface area contributed by atoms with E-state index in [9.17, 15) is 13.2 Å². The number of benzene rings is 1. The minimum Gasteiger partial charge on any atom is -0.338 e. The van der Waals surface area contributed by atoms with E-state index in [4.69, 9.17) is 0 Å². The molecule has 0 spiro atoms. The largest absolute Gasteiger partial charge is 0.433 e. The van der Waals surface area contributed by atoms with Crippen LogP contribution in [0.3, 0.4) is 0 Å². The van der Waals surface area contributed by atoms with Crippen LogP contribution < -0.4 is 4.90 Å². The molecular weight excluding hydrogens is 305 g/mol. The van der Waals surface area contributed by atoms with Crippen LogP contribution in [0.15, 0.2) is 42.6 Å². The third kappa shape index (κ3) is 3.98. The molecule has 1 fully saturated rings. The van der Waals surface area contributed by atoms with Crippen LogP contribution >= 0.6 is 0 Å². The minimum absolute atomic E-state index is 0.152. The maximum Gasteiger partial charge on any atom is 0.433 e. The molecule has 0 unspecified atom stereocenters. The second-order valence-electron chi connectivity index (χ2n) is 5.49. The zero-order valence-electron chi connectivity index (χ0n) is 12.5. The van der Waals surface area contributed by atoms with Gasteiger partial charge in [-0.3, -0.25) is 4.90 Å². The van der Waals surface area contributed by atoms with Gasteiger partial charge in [-0.25, -0.2) is 9.97 Å². The Balaban J connectivity index is 1.61. The van der Waals surface area contributed by atoms with E-state index in [1.807, 2.05) is 18.2 Å². The maximum atomic E-state index is 12.7. The van der Waals surface area contributed by atoms with Gasteiger partial charge in [0.15, 0.2) is 0 Å². The summed E-state index contributed by atoms with van der Waals surface area (Å²) in [4.78, 5) is 11.7. The Labute approximate surface area is 132 Å². The fraction of sp³-hybridized carbons (Fsp3) is 0.375. The molecule has 1 saturated heterocycles. The standard InChI is InChI=1S/C16H17F3N4/c17-16(18,19)14-6-7-20-15(21-14)23-10-8-22(9-11-23)12-13-4-2-1-3-5-13/h1-7H,8-12H2. The summed E-state index contributed by atoms with van der Waals surface area (Å²) in [7, 11) is 0. The van der Waals surface area contributed by atoms with Gasteiger partial charge in [0.2, 0.25) is 5.95 Å². The number of anilines is 1. The monoisotopic (exact) mass is 322 g/mol. The van der Waals surface area contributed by atoms with Crippen molar-refractivity contribution in [3.05, 3.63) is 53.9 Å². The zero-order valence-corrected chi connectivity index (χ0v) is 12.5. The highest BCUT2D eigenvalue weighted by atomic mass is 19.4. The molecule has 1 aromatic heterocycles. The summed E-state index contributed by atoms with van der Waals surface area (Å²) in [6.07, 6.45) is -3.27. The van der Waals surface area contributed by atoms with Crippen LogP contribution in [0, 0.1) is 0 Å². The third-order valence-corrected chi connectivity index (χ3v) is 3.84. The van der Waals surface area contributed by atoms with Crippen molar-refractivity contribution in [3.8, 4) is 0 Å². The molecule has 1 aliphatic rings. The molecule has 0 N–H and O–H groups in total. The van der Waals surface area contributed by atoms with Crippen LogP contribution in [0.1, 0.15) is 11.3 Å². The van der Waals surface area contributed by atoms with Crippen molar-refractivity contribution in [2.45, 2.75) is 12.7 Å². The van der Waals surface area contributed by atoms with Crippen molar-refractivity contribution < 1.29 is 13.2 Å². The quantitative estimate of drug-likeness (QED) is 0.870. The Kier molecular flexibility index (Phi) is 4.47. The smallest absolute Gasteiger partial charge is 0.338 e. The molecular formula is C16H17F3N4. The first kappa shape index (κ1) is 15.7. The van der Waals surface area contributed by atoms with Crippen LogP contribution in [0.4, 0.5) is 19.1 Å². The van der Waals surface area contributed by atoms with Crippen LogP contribution in [0.25, 0.3) is 0 Å².